The fourth-order valence-electron chi connectivity index (χ4n) is 5.23. The minimum Gasteiger partial charge on any atom is -0.379 e. The molecule has 4 heterocycles. The van der Waals surface area contributed by atoms with Crippen molar-refractivity contribution in [3.63, 3.8) is 0 Å². The van der Waals surface area contributed by atoms with Crippen molar-refractivity contribution in [3.05, 3.63) is 52.1 Å². The van der Waals surface area contributed by atoms with Crippen LogP contribution in [0.3, 0.4) is 0 Å². The van der Waals surface area contributed by atoms with E-state index in [1.54, 1.807) is 12.1 Å². The summed E-state index contributed by atoms with van der Waals surface area (Å²) in [6.45, 7) is 11.2. The fourth-order valence-corrected chi connectivity index (χ4v) is 5.23. The Labute approximate surface area is 204 Å². The van der Waals surface area contributed by atoms with Crippen LogP contribution in [0.5, 0.6) is 0 Å². The zero-order chi connectivity index (χ0) is 24.5. The summed E-state index contributed by atoms with van der Waals surface area (Å²) in [5, 5.41) is 5.96. The number of aromatic amines is 1. The summed E-state index contributed by atoms with van der Waals surface area (Å²) < 4.78 is 19.2. The second-order valence-electron chi connectivity index (χ2n) is 9.58. The van der Waals surface area contributed by atoms with Crippen LogP contribution in [0.1, 0.15) is 39.3 Å². The smallest absolute Gasteiger partial charge is 0.256 e. The molecule has 5 rings (SSSR count). The highest BCUT2D eigenvalue weighted by Gasteiger charge is 2.28. The fraction of sp³-hybridized carbons (Fsp3) is 0.462. The number of ether oxygens (including phenoxy) is 1. The largest absolute Gasteiger partial charge is 0.379 e. The topological polar surface area (TPSA) is 89.7 Å². The Morgan fingerprint density at radius 3 is 2.77 bits per heavy atom. The van der Waals surface area contributed by atoms with Crippen LogP contribution in [-0.2, 0) is 9.53 Å². The molecule has 2 fully saturated rings. The van der Waals surface area contributed by atoms with Gasteiger partial charge in [-0.1, -0.05) is 0 Å². The average Bonchev–Trinajstić information content (AvgIpc) is 3.49. The van der Waals surface area contributed by atoms with E-state index >= 15 is 0 Å². The van der Waals surface area contributed by atoms with E-state index in [9.17, 15) is 14.0 Å². The molecule has 2 saturated heterocycles. The number of carbonyl (C=O) groups is 2. The molecule has 3 N–H and O–H groups in total. The van der Waals surface area contributed by atoms with Crippen molar-refractivity contribution in [1.29, 1.82) is 0 Å². The second-order valence-corrected chi connectivity index (χ2v) is 9.58. The number of anilines is 1. The number of nitrogens with one attached hydrogen (secondary N) is 3. The molecule has 0 unspecified atom stereocenters. The SMILES string of the molecule is Cc1[nH]c(/C=C2\C(=O)Nc3ccc(F)cc32)c(C)c1C(=O)N[C@@H]1CCN(CCN2CCOCC2)C1. The molecule has 1 aromatic carbocycles. The zero-order valence-electron chi connectivity index (χ0n) is 20.2. The Bertz CT molecular complexity index is 1170. The van der Waals surface area contributed by atoms with E-state index < -0.39 is 5.82 Å². The molecule has 2 aromatic rings. The standard InChI is InChI=1S/C26H32FN5O3/c1-16-23(14-21-20-13-18(27)3-4-22(20)30-25(21)33)28-17(2)24(16)26(34)29-19-5-6-32(15-19)8-7-31-9-11-35-12-10-31/h3-4,13-14,19,28H,5-12,15H2,1-2H3,(H,29,34)(H,30,33)/b21-14-/t19-/m1/s1. The van der Waals surface area contributed by atoms with Crippen molar-refractivity contribution in [2.75, 3.05) is 57.8 Å². The van der Waals surface area contributed by atoms with Crippen LogP contribution in [0, 0.1) is 19.7 Å². The van der Waals surface area contributed by atoms with Gasteiger partial charge in [-0.25, -0.2) is 4.39 Å². The molecule has 186 valence electrons. The number of carbonyl (C=O) groups excluding carboxylic acids is 2. The van der Waals surface area contributed by atoms with E-state index in [0.29, 0.717) is 28.1 Å². The molecule has 2 amide bonds. The third-order valence-corrected chi connectivity index (χ3v) is 7.20. The summed E-state index contributed by atoms with van der Waals surface area (Å²) in [6, 6.07) is 4.34. The van der Waals surface area contributed by atoms with E-state index in [1.807, 2.05) is 13.8 Å². The maximum absolute atomic E-state index is 13.8. The van der Waals surface area contributed by atoms with Gasteiger partial charge in [-0.15, -0.1) is 0 Å². The first-order valence-electron chi connectivity index (χ1n) is 12.2. The minimum atomic E-state index is -0.402. The van der Waals surface area contributed by atoms with Crippen LogP contribution >= 0.6 is 0 Å². The Morgan fingerprint density at radius 2 is 1.97 bits per heavy atom. The first kappa shape index (κ1) is 23.7. The lowest BCUT2D eigenvalue weighted by atomic mass is 10.0. The maximum Gasteiger partial charge on any atom is 0.256 e. The maximum atomic E-state index is 13.8. The van der Waals surface area contributed by atoms with Gasteiger partial charge in [0.15, 0.2) is 0 Å². The van der Waals surface area contributed by atoms with Crippen LogP contribution in [0.2, 0.25) is 0 Å². The molecule has 35 heavy (non-hydrogen) atoms. The normalized spacial score (nSPS) is 22.0. The van der Waals surface area contributed by atoms with Crippen molar-refractivity contribution >= 4 is 29.2 Å². The van der Waals surface area contributed by atoms with Crippen LogP contribution in [0.15, 0.2) is 18.2 Å². The van der Waals surface area contributed by atoms with E-state index in [-0.39, 0.29) is 17.9 Å². The number of halogens is 1. The Kier molecular flexibility index (Phi) is 6.73. The summed E-state index contributed by atoms with van der Waals surface area (Å²) in [6.07, 6.45) is 2.62. The molecule has 8 nitrogen and oxygen atoms in total. The van der Waals surface area contributed by atoms with E-state index in [1.165, 1.54) is 12.1 Å². The Morgan fingerprint density at radius 1 is 1.20 bits per heavy atom. The number of benzene rings is 1. The molecule has 1 atom stereocenters. The number of H-pyrrole nitrogens is 1. The number of amides is 2. The molecular formula is C26H32FN5O3. The second kappa shape index (κ2) is 9.93. The van der Waals surface area contributed by atoms with Crippen molar-refractivity contribution < 1.29 is 18.7 Å². The van der Waals surface area contributed by atoms with Gasteiger partial charge >= 0.3 is 0 Å². The summed E-state index contributed by atoms with van der Waals surface area (Å²) in [4.78, 5) is 33.8. The van der Waals surface area contributed by atoms with Gasteiger partial charge in [0.25, 0.3) is 11.8 Å². The summed E-state index contributed by atoms with van der Waals surface area (Å²) in [5.41, 5.74) is 4.27. The monoisotopic (exact) mass is 481 g/mol. The number of fused-ring (bicyclic) bond motifs is 1. The number of hydrogen-bond acceptors (Lipinski definition) is 5. The number of rotatable bonds is 6. The quantitative estimate of drug-likeness (QED) is 0.552. The highest BCUT2D eigenvalue weighted by molar-refractivity contribution is 6.34. The first-order chi connectivity index (χ1) is 16.9. The number of nitrogens with zero attached hydrogens (tertiary/aromatic N) is 2. The number of hydrogen-bond donors (Lipinski definition) is 3. The third-order valence-electron chi connectivity index (χ3n) is 7.20. The van der Waals surface area contributed by atoms with Crippen LogP contribution in [0.25, 0.3) is 11.6 Å². The third kappa shape index (κ3) is 5.03. The van der Waals surface area contributed by atoms with Crippen LogP contribution in [-0.4, -0.2) is 85.1 Å². The Hall–Kier alpha value is -3.01. The molecule has 3 aliphatic rings. The van der Waals surface area contributed by atoms with Gasteiger partial charge in [-0.05, 0) is 50.1 Å². The van der Waals surface area contributed by atoms with Crippen LogP contribution < -0.4 is 10.6 Å². The lowest BCUT2D eigenvalue weighted by molar-refractivity contribution is -0.110. The number of morpholine rings is 1. The molecule has 0 spiro atoms. The lowest BCUT2D eigenvalue weighted by Gasteiger charge is -2.28. The van der Waals surface area contributed by atoms with Gasteiger partial charge in [0.1, 0.15) is 5.82 Å². The molecule has 0 bridgehead atoms. The first-order valence-corrected chi connectivity index (χ1v) is 12.2. The number of aryl methyl sites for hydroxylation is 1. The summed E-state index contributed by atoms with van der Waals surface area (Å²) >= 11 is 0. The predicted molar refractivity (Wildman–Crippen MR) is 133 cm³/mol. The van der Waals surface area contributed by atoms with Crippen molar-refractivity contribution in [3.8, 4) is 0 Å². The molecule has 1 aromatic heterocycles. The van der Waals surface area contributed by atoms with Crippen molar-refractivity contribution in [1.82, 2.24) is 20.1 Å². The Balaban J connectivity index is 1.24. The van der Waals surface area contributed by atoms with Crippen molar-refractivity contribution in [2.45, 2.75) is 26.3 Å². The number of likely N-dealkylation sites (tertiary alicyclic amines) is 1. The molecule has 3 aliphatic heterocycles. The van der Waals surface area contributed by atoms with Gasteiger partial charge in [0.2, 0.25) is 0 Å². The van der Waals surface area contributed by atoms with Gasteiger partial charge < -0.3 is 20.4 Å². The highest BCUT2D eigenvalue weighted by Crippen LogP contribution is 2.34. The summed E-state index contributed by atoms with van der Waals surface area (Å²) in [5.74, 6) is -0.796. The highest BCUT2D eigenvalue weighted by atomic mass is 19.1. The molecule has 9 heteroatoms. The van der Waals surface area contributed by atoms with Crippen LogP contribution in [0.4, 0.5) is 10.1 Å². The lowest BCUT2D eigenvalue weighted by Crippen LogP contribution is -2.42. The zero-order valence-corrected chi connectivity index (χ0v) is 20.2. The molecule has 0 radical (unpaired) electrons. The van der Waals surface area contributed by atoms with Crippen molar-refractivity contribution in [2.24, 2.45) is 0 Å². The number of aromatic nitrogens is 1. The van der Waals surface area contributed by atoms with Gasteiger partial charge in [-0.2, -0.15) is 0 Å². The van der Waals surface area contributed by atoms with Gasteiger partial charge in [0, 0.05) is 67.9 Å². The van der Waals surface area contributed by atoms with Gasteiger partial charge in [-0.3, -0.25) is 19.4 Å². The van der Waals surface area contributed by atoms with E-state index in [0.717, 1.165) is 70.2 Å². The average molecular weight is 482 g/mol. The molecule has 0 saturated carbocycles. The summed E-state index contributed by atoms with van der Waals surface area (Å²) in [7, 11) is 0. The predicted octanol–water partition coefficient (Wildman–Crippen LogP) is 2.40. The van der Waals surface area contributed by atoms with Gasteiger partial charge in [0.05, 0.1) is 24.4 Å². The van der Waals surface area contributed by atoms with E-state index in [2.05, 4.69) is 25.4 Å². The minimum absolute atomic E-state index is 0.108. The van der Waals surface area contributed by atoms with E-state index in [4.69, 9.17) is 4.74 Å². The molecule has 0 aliphatic carbocycles. The molecular weight excluding hydrogens is 449 g/mol.